The minimum Gasteiger partial charge on any atom is -0.496 e. The number of fused-ring (bicyclic) bond motifs is 1. The Balaban J connectivity index is 1.64. The third kappa shape index (κ3) is 3.66. The second-order valence-corrected chi connectivity index (χ2v) is 5.55. The van der Waals surface area contributed by atoms with E-state index in [1.54, 1.807) is 13.2 Å². The van der Waals surface area contributed by atoms with Crippen molar-refractivity contribution in [1.29, 1.82) is 0 Å². The average Bonchev–Trinajstić information content (AvgIpc) is 3.00. The summed E-state index contributed by atoms with van der Waals surface area (Å²) in [7, 11) is 1.61. The van der Waals surface area contributed by atoms with Crippen molar-refractivity contribution in [3.63, 3.8) is 0 Å². The number of hydrogen-bond acceptors (Lipinski definition) is 3. The highest BCUT2D eigenvalue weighted by molar-refractivity contribution is 5.92. The molecule has 24 heavy (non-hydrogen) atoms. The molecule has 0 spiro atoms. The lowest BCUT2D eigenvalue weighted by Crippen LogP contribution is -2.20. The van der Waals surface area contributed by atoms with Gasteiger partial charge in [0, 0.05) is 23.6 Å². The molecule has 0 saturated carbocycles. The highest BCUT2D eigenvalue weighted by atomic mass is 16.5. The Morgan fingerprint density at radius 2 is 2.04 bits per heavy atom. The number of methoxy groups -OCH3 is 1. The molecule has 122 valence electrons. The second kappa shape index (κ2) is 7.04. The monoisotopic (exact) mass is 321 g/mol. The van der Waals surface area contributed by atoms with Gasteiger partial charge in [0.1, 0.15) is 17.1 Å². The number of ether oxygens (including phenoxy) is 1. The molecule has 0 bridgehead atoms. The lowest BCUT2D eigenvalue weighted by Gasteiger charge is -2.08. The van der Waals surface area contributed by atoms with Gasteiger partial charge >= 0.3 is 0 Å². The number of rotatable bonds is 5. The number of nitrogens with one attached hydrogen (secondary N) is 1. The molecule has 0 fully saturated rings. The van der Waals surface area contributed by atoms with Crippen LogP contribution in [0.1, 0.15) is 16.9 Å². The van der Waals surface area contributed by atoms with E-state index in [0.29, 0.717) is 12.3 Å². The summed E-state index contributed by atoms with van der Waals surface area (Å²) < 4.78 is 11.0. The molecule has 0 aliphatic rings. The van der Waals surface area contributed by atoms with E-state index in [4.69, 9.17) is 9.15 Å². The maximum atomic E-state index is 12.0. The van der Waals surface area contributed by atoms with Crippen LogP contribution in [0.5, 0.6) is 5.75 Å². The van der Waals surface area contributed by atoms with Gasteiger partial charge in [0.15, 0.2) is 0 Å². The number of para-hydroxylation sites is 1. The Morgan fingerprint density at radius 3 is 2.88 bits per heavy atom. The third-order valence-electron chi connectivity index (χ3n) is 3.74. The van der Waals surface area contributed by atoms with E-state index in [1.165, 1.54) is 6.08 Å². The number of aryl methyl sites for hydroxylation is 1. The van der Waals surface area contributed by atoms with E-state index in [-0.39, 0.29) is 5.91 Å². The van der Waals surface area contributed by atoms with Gasteiger partial charge in [-0.1, -0.05) is 30.3 Å². The Kier molecular flexibility index (Phi) is 4.66. The fourth-order valence-electron chi connectivity index (χ4n) is 2.49. The number of amides is 1. The van der Waals surface area contributed by atoms with Crippen molar-refractivity contribution < 1.29 is 13.9 Å². The summed E-state index contributed by atoms with van der Waals surface area (Å²) in [6.45, 7) is 2.43. The SMILES string of the molecule is COc1ccccc1CNC(=O)/C=C/c1cc2ccc(C)cc2o1. The van der Waals surface area contributed by atoms with E-state index < -0.39 is 0 Å². The molecule has 0 saturated heterocycles. The fraction of sp³-hybridized carbons (Fsp3) is 0.150. The van der Waals surface area contributed by atoms with Crippen LogP contribution >= 0.6 is 0 Å². The van der Waals surface area contributed by atoms with Crippen molar-refractivity contribution in [3.8, 4) is 5.75 Å². The van der Waals surface area contributed by atoms with Crippen LogP contribution in [-0.4, -0.2) is 13.0 Å². The highest BCUT2D eigenvalue weighted by Gasteiger charge is 2.04. The van der Waals surface area contributed by atoms with Gasteiger partial charge in [-0.25, -0.2) is 0 Å². The Morgan fingerprint density at radius 1 is 1.21 bits per heavy atom. The molecule has 1 N–H and O–H groups in total. The van der Waals surface area contributed by atoms with Crippen LogP contribution in [-0.2, 0) is 11.3 Å². The lowest BCUT2D eigenvalue weighted by atomic mass is 10.2. The molecule has 4 heteroatoms. The molecule has 4 nitrogen and oxygen atoms in total. The quantitative estimate of drug-likeness (QED) is 0.720. The zero-order valence-electron chi connectivity index (χ0n) is 13.7. The molecule has 3 aromatic rings. The van der Waals surface area contributed by atoms with Crippen molar-refractivity contribution in [1.82, 2.24) is 5.32 Å². The van der Waals surface area contributed by atoms with Gasteiger partial charge in [-0.15, -0.1) is 0 Å². The summed E-state index contributed by atoms with van der Waals surface area (Å²) in [5.74, 6) is 1.23. The molecule has 0 unspecified atom stereocenters. The zero-order valence-corrected chi connectivity index (χ0v) is 13.7. The molecule has 0 aliphatic carbocycles. The van der Waals surface area contributed by atoms with Crippen LogP contribution in [0.2, 0.25) is 0 Å². The van der Waals surface area contributed by atoms with E-state index in [0.717, 1.165) is 27.8 Å². The van der Waals surface area contributed by atoms with Gasteiger partial charge < -0.3 is 14.5 Å². The second-order valence-electron chi connectivity index (χ2n) is 5.55. The van der Waals surface area contributed by atoms with Gasteiger partial charge in [0.05, 0.1) is 7.11 Å². The van der Waals surface area contributed by atoms with Gasteiger partial charge in [-0.2, -0.15) is 0 Å². The van der Waals surface area contributed by atoms with Gasteiger partial charge in [-0.05, 0) is 36.8 Å². The molecule has 1 aromatic heterocycles. The normalized spacial score (nSPS) is 11.1. The smallest absolute Gasteiger partial charge is 0.244 e. The number of carbonyl (C=O) groups is 1. The number of hydrogen-bond donors (Lipinski definition) is 1. The molecule has 3 rings (SSSR count). The fourth-order valence-corrected chi connectivity index (χ4v) is 2.49. The molecular formula is C20H19NO3. The minimum atomic E-state index is -0.183. The molecule has 0 atom stereocenters. The van der Waals surface area contributed by atoms with E-state index in [9.17, 15) is 4.79 Å². The molecule has 0 radical (unpaired) electrons. The van der Waals surface area contributed by atoms with Gasteiger partial charge in [-0.3, -0.25) is 4.79 Å². The minimum absolute atomic E-state index is 0.183. The molecule has 1 heterocycles. The molecular weight excluding hydrogens is 302 g/mol. The van der Waals surface area contributed by atoms with Crippen molar-refractivity contribution in [2.45, 2.75) is 13.5 Å². The average molecular weight is 321 g/mol. The Bertz CT molecular complexity index is 893. The van der Waals surface area contributed by atoms with Crippen molar-refractivity contribution in [2.75, 3.05) is 7.11 Å². The maximum absolute atomic E-state index is 12.0. The first kappa shape index (κ1) is 15.9. The maximum Gasteiger partial charge on any atom is 0.244 e. The number of furan rings is 1. The van der Waals surface area contributed by atoms with Crippen LogP contribution < -0.4 is 10.1 Å². The zero-order chi connectivity index (χ0) is 16.9. The topological polar surface area (TPSA) is 51.5 Å². The summed E-state index contributed by atoms with van der Waals surface area (Å²) in [4.78, 5) is 12.0. The first-order valence-electron chi connectivity index (χ1n) is 7.74. The summed E-state index contributed by atoms with van der Waals surface area (Å²) in [6.07, 6.45) is 3.15. The highest BCUT2D eigenvalue weighted by Crippen LogP contribution is 2.21. The van der Waals surface area contributed by atoms with Gasteiger partial charge in [0.25, 0.3) is 0 Å². The summed E-state index contributed by atoms with van der Waals surface area (Å²) in [5.41, 5.74) is 2.90. The summed E-state index contributed by atoms with van der Waals surface area (Å²) in [5, 5.41) is 3.86. The predicted octanol–water partition coefficient (Wildman–Crippen LogP) is 4.08. The molecule has 0 aliphatic heterocycles. The van der Waals surface area contributed by atoms with Crippen molar-refractivity contribution in [3.05, 3.63) is 71.5 Å². The van der Waals surface area contributed by atoms with E-state index in [2.05, 4.69) is 5.32 Å². The van der Waals surface area contributed by atoms with Crippen LogP contribution in [0.25, 0.3) is 17.0 Å². The summed E-state index contributed by atoms with van der Waals surface area (Å²) in [6, 6.07) is 15.5. The van der Waals surface area contributed by atoms with E-state index in [1.807, 2.05) is 55.5 Å². The largest absolute Gasteiger partial charge is 0.496 e. The third-order valence-corrected chi connectivity index (χ3v) is 3.74. The predicted molar refractivity (Wildman–Crippen MR) is 94.8 cm³/mol. The Hall–Kier alpha value is -3.01. The lowest BCUT2D eigenvalue weighted by molar-refractivity contribution is -0.116. The van der Waals surface area contributed by atoms with Gasteiger partial charge in [0.2, 0.25) is 5.91 Å². The first-order valence-corrected chi connectivity index (χ1v) is 7.74. The van der Waals surface area contributed by atoms with E-state index >= 15 is 0 Å². The van der Waals surface area contributed by atoms with Crippen LogP contribution in [0.15, 0.2) is 59.0 Å². The first-order chi connectivity index (χ1) is 11.7. The van der Waals surface area contributed by atoms with Crippen LogP contribution in [0.4, 0.5) is 0 Å². The van der Waals surface area contributed by atoms with Crippen LogP contribution in [0, 0.1) is 6.92 Å². The van der Waals surface area contributed by atoms with Crippen molar-refractivity contribution >= 4 is 23.0 Å². The van der Waals surface area contributed by atoms with Crippen molar-refractivity contribution in [2.24, 2.45) is 0 Å². The molecule has 2 aromatic carbocycles. The number of benzene rings is 2. The summed E-state index contributed by atoms with van der Waals surface area (Å²) >= 11 is 0. The van der Waals surface area contributed by atoms with Crippen LogP contribution in [0.3, 0.4) is 0 Å². The Labute approximate surface area is 140 Å². The molecule has 1 amide bonds. The standard InChI is InChI=1S/C20H19NO3/c1-14-7-8-15-12-17(24-19(15)11-14)9-10-20(22)21-13-16-5-3-4-6-18(16)23-2/h3-12H,13H2,1-2H3,(H,21,22)/b10-9+. The number of carbonyl (C=O) groups excluding carboxylic acids is 1.